The molecule has 1 aliphatic rings. The van der Waals surface area contributed by atoms with Gasteiger partial charge in [0.05, 0.1) is 6.54 Å². The van der Waals surface area contributed by atoms with Crippen LogP contribution in [0.15, 0.2) is 54.6 Å². The van der Waals surface area contributed by atoms with E-state index in [-0.39, 0.29) is 12.1 Å². The van der Waals surface area contributed by atoms with Crippen molar-refractivity contribution in [2.75, 3.05) is 6.54 Å². The van der Waals surface area contributed by atoms with Crippen LogP contribution in [0.3, 0.4) is 0 Å². The van der Waals surface area contributed by atoms with Crippen molar-refractivity contribution in [1.29, 1.82) is 0 Å². The number of aryl methyl sites for hydroxylation is 1. The number of carbonyl (C=O) groups excluding carboxylic acids is 2. The predicted octanol–water partition coefficient (Wildman–Crippen LogP) is 6.45. The van der Waals surface area contributed by atoms with Crippen molar-refractivity contribution in [2.24, 2.45) is 5.92 Å². The second-order valence-corrected chi connectivity index (χ2v) is 9.85. The summed E-state index contributed by atoms with van der Waals surface area (Å²) in [6, 6.07) is 18.3. The molecule has 0 bridgehead atoms. The maximum Gasteiger partial charge on any atom is 0.407 e. The van der Waals surface area contributed by atoms with Crippen LogP contribution in [0.25, 0.3) is 0 Å². The molecule has 0 aromatic heterocycles. The van der Waals surface area contributed by atoms with E-state index < -0.39 is 11.7 Å². The van der Waals surface area contributed by atoms with Gasteiger partial charge in [-0.2, -0.15) is 0 Å². The number of rotatable bonds is 5. The topological polar surface area (TPSA) is 73.9 Å². The molecule has 1 aliphatic heterocycles. The minimum atomic E-state index is -0.504. The Morgan fingerprint density at radius 2 is 1.65 bits per heavy atom. The van der Waals surface area contributed by atoms with Gasteiger partial charge >= 0.3 is 12.1 Å². The monoisotopic (exact) mass is 471 g/mol. The summed E-state index contributed by atoms with van der Waals surface area (Å²) in [7, 11) is 0. The van der Waals surface area contributed by atoms with Gasteiger partial charge in [-0.3, -0.25) is 4.79 Å². The molecule has 6 nitrogen and oxygen atoms in total. The normalized spacial score (nSPS) is 14.7. The van der Waals surface area contributed by atoms with Crippen molar-refractivity contribution >= 4 is 12.1 Å². The highest BCUT2D eigenvalue weighted by Gasteiger charge is 2.24. The van der Waals surface area contributed by atoms with Crippen LogP contribution in [-0.2, 0) is 20.9 Å². The number of carbonyl (C=O) groups is 2. The fraction of sp³-hybridized carbons (Fsp3) is 0.500. The molecule has 0 spiro atoms. The molecule has 1 saturated heterocycles. The maximum atomic E-state index is 11.2. The van der Waals surface area contributed by atoms with Crippen LogP contribution in [0.5, 0.6) is 5.75 Å². The number of ether oxygens (including phenoxy) is 3. The van der Waals surface area contributed by atoms with E-state index in [1.807, 2.05) is 30.3 Å². The molecular formula is C28H41NO5. The highest BCUT2D eigenvalue weighted by molar-refractivity contribution is 5.72. The summed E-state index contributed by atoms with van der Waals surface area (Å²) < 4.78 is 15.6. The Balaban J connectivity index is 0.000000294. The summed E-state index contributed by atoms with van der Waals surface area (Å²) in [4.78, 5) is 22.0. The molecule has 2 aromatic rings. The van der Waals surface area contributed by atoms with Crippen LogP contribution in [0.1, 0.15) is 65.5 Å². The van der Waals surface area contributed by atoms with Crippen molar-refractivity contribution in [1.82, 2.24) is 5.32 Å². The Morgan fingerprint density at radius 3 is 2.15 bits per heavy atom. The third-order valence-electron chi connectivity index (χ3n) is 4.11. The summed E-state index contributed by atoms with van der Waals surface area (Å²) in [6.45, 7) is 14.9. The second-order valence-electron chi connectivity index (χ2n) is 9.85. The van der Waals surface area contributed by atoms with E-state index >= 15 is 0 Å². The van der Waals surface area contributed by atoms with Crippen LogP contribution in [0.4, 0.5) is 4.79 Å². The minimum Gasteiger partial charge on any atom is -0.489 e. The van der Waals surface area contributed by atoms with Crippen molar-refractivity contribution in [2.45, 2.75) is 79.6 Å². The second kappa shape index (κ2) is 15.0. The first-order valence-corrected chi connectivity index (χ1v) is 11.8. The van der Waals surface area contributed by atoms with Gasteiger partial charge in [0, 0.05) is 6.42 Å². The Morgan fingerprint density at radius 1 is 1.06 bits per heavy atom. The third-order valence-corrected chi connectivity index (χ3v) is 4.11. The van der Waals surface area contributed by atoms with Crippen molar-refractivity contribution in [3.05, 3.63) is 65.7 Å². The van der Waals surface area contributed by atoms with Crippen molar-refractivity contribution < 1.29 is 23.8 Å². The lowest BCUT2D eigenvalue weighted by molar-refractivity contribution is -0.141. The van der Waals surface area contributed by atoms with Crippen LogP contribution < -0.4 is 10.1 Å². The fourth-order valence-corrected chi connectivity index (χ4v) is 2.61. The molecule has 1 atom stereocenters. The van der Waals surface area contributed by atoms with E-state index in [2.05, 4.69) is 57.3 Å². The molecule has 188 valence electrons. The van der Waals surface area contributed by atoms with E-state index in [1.165, 1.54) is 11.1 Å². The largest absolute Gasteiger partial charge is 0.489 e. The Kier molecular flexibility index (Phi) is 12.8. The van der Waals surface area contributed by atoms with E-state index in [1.54, 1.807) is 20.8 Å². The zero-order chi connectivity index (χ0) is 25.6. The minimum absolute atomic E-state index is 0.203. The molecule has 1 fully saturated rings. The molecule has 34 heavy (non-hydrogen) atoms. The van der Waals surface area contributed by atoms with E-state index in [0.29, 0.717) is 26.0 Å². The lowest BCUT2D eigenvalue weighted by Gasteiger charge is -2.20. The number of alkyl carbamates (subject to hydrolysis) is 1. The van der Waals surface area contributed by atoms with Crippen LogP contribution in [-0.4, -0.2) is 30.3 Å². The van der Waals surface area contributed by atoms with E-state index in [9.17, 15) is 9.59 Å². The first-order valence-electron chi connectivity index (χ1n) is 11.8. The Bertz CT molecular complexity index is 839. The molecule has 0 aliphatic carbocycles. The molecule has 3 rings (SSSR count). The summed E-state index contributed by atoms with van der Waals surface area (Å²) >= 11 is 0. The molecule has 2 aromatic carbocycles. The molecule has 1 N–H and O–H groups in total. The van der Waals surface area contributed by atoms with Crippen LogP contribution >= 0.6 is 0 Å². The van der Waals surface area contributed by atoms with Gasteiger partial charge in [-0.05, 0) is 57.7 Å². The molecule has 0 radical (unpaired) electrons. The van der Waals surface area contributed by atoms with Gasteiger partial charge in [-0.15, -0.1) is 0 Å². The molecule has 0 saturated carbocycles. The molecule has 1 amide bonds. The van der Waals surface area contributed by atoms with Gasteiger partial charge < -0.3 is 19.5 Å². The van der Waals surface area contributed by atoms with Crippen LogP contribution in [0, 0.1) is 12.8 Å². The molecule has 6 heteroatoms. The average molecular weight is 472 g/mol. The van der Waals surface area contributed by atoms with Gasteiger partial charge in [-0.1, -0.05) is 68.8 Å². The molecule has 1 heterocycles. The van der Waals surface area contributed by atoms with Gasteiger partial charge in [0.2, 0.25) is 0 Å². The Hall–Kier alpha value is -3.02. The van der Waals surface area contributed by atoms with Gasteiger partial charge in [0.25, 0.3) is 0 Å². The number of amides is 1. The van der Waals surface area contributed by atoms with Crippen molar-refractivity contribution in [3.63, 3.8) is 0 Å². The highest BCUT2D eigenvalue weighted by atomic mass is 16.6. The lowest BCUT2D eigenvalue weighted by atomic mass is 10.2. The third kappa shape index (κ3) is 14.9. The first-order chi connectivity index (χ1) is 15.9. The van der Waals surface area contributed by atoms with Gasteiger partial charge in [0.15, 0.2) is 0 Å². The number of hydrogen-bond acceptors (Lipinski definition) is 5. The average Bonchev–Trinajstić information content (AvgIpc) is 3.17. The zero-order valence-electron chi connectivity index (χ0n) is 21.7. The molecule has 1 unspecified atom stereocenters. The SMILES string of the molecule is CC(C)(C)OC(=O)NCC1CCC(=O)O1.CC(C)C.Cc1ccc(OCc2ccccc2)cc1. The summed E-state index contributed by atoms with van der Waals surface area (Å²) in [6.07, 6.45) is 0.408. The zero-order valence-corrected chi connectivity index (χ0v) is 21.7. The number of hydrogen-bond donors (Lipinski definition) is 1. The highest BCUT2D eigenvalue weighted by Crippen LogP contribution is 2.14. The quantitative estimate of drug-likeness (QED) is 0.507. The molecular weight excluding hydrogens is 430 g/mol. The van der Waals surface area contributed by atoms with E-state index in [4.69, 9.17) is 14.2 Å². The summed E-state index contributed by atoms with van der Waals surface area (Å²) in [5.74, 6) is 1.55. The van der Waals surface area contributed by atoms with Crippen LogP contribution in [0.2, 0.25) is 0 Å². The summed E-state index contributed by atoms with van der Waals surface area (Å²) in [5.41, 5.74) is 1.94. The number of cyclic esters (lactones) is 1. The van der Waals surface area contributed by atoms with Gasteiger partial charge in [-0.25, -0.2) is 4.79 Å². The van der Waals surface area contributed by atoms with Crippen molar-refractivity contribution in [3.8, 4) is 5.75 Å². The fourth-order valence-electron chi connectivity index (χ4n) is 2.61. The standard InChI is InChI=1S/C14H14O.C10H17NO4.C4H10/c1-12-7-9-14(10-8-12)15-11-13-5-3-2-4-6-13;1-10(2,3)15-9(13)11-6-7-4-5-8(12)14-7;1-4(2)3/h2-10H,11H2,1H3;7H,4-6H2,1-3H3,(H,11,13);4H,1-3H3. The Labute approximate surface area is 205 Å². The number of esters is 1. The predicted molar refractivity (Wildman–Crippen MR) is 136 cm³/mol. The summed E-state index contributed by atoms with van der Waals surface area (Å²) in [5, 5.41) is 2.56. The van der Waals surface area contributed by atoms with Gasteiger partial charge in [0.1, 0.15) is 24.1 Å². The lowest BCUT2D eigenvalue weighted by Crippen LogP contribution is -2.36. The van der Waals surface area contributed by atoms with E-state index in [0.717, 1.165) is 11.7 Å². The first kappa shape index (κ1) is 29.0. The number of nitrogens with one attached hydrogen (secondary N) is 1. The maximum absolute atomic E-state index is 11.2. The number of benzene rings is 2. The smallest absolute Gasteiger partial charge is 0.407 e.